The number of carbonyl (C=O) groups is 1. The van der Waals surface area contributed by atoms with Gasteiger partial charge in [-0.15, -0.1) is 0 Å². The summed E-state index contributed by atoms with van der Waals surface area (Å²) in [6, 6.07) is 8.09. The Balaban J connectivity index is 0.00000192. The summed E-state index contributed by atoms with van der Waals surface area (Å²) < 4.78 is 3.54. The number of benzene rings is 1. The van der Waals surface area contributed by atoms with Crippen molar-refractivity contribution >= 4 is 46.4 Å². The van der Waals surface area contributed by atoms with Crippen molar-refractivity contribution in [3.8, 4) is 11.8 Å². The summed E-state index contributed by atoms with van der Waals surface area (Å²) in [4.78, 5) is 10.9. The maximum absolute atomic E-state index is 10.9. The zero-order chi connectivity index (χ0) is 15.9. The molecule has 23 heavy (non-hydrogen) atoms. The zero-order valence-electron chi connectivity index (χ0n) is 13.2. The maximum atomic E-state index is 10.9. The van der Waals surface area contributed by atoms with Gasteiger partial charge < -0.3 is 9.67 Å². The van der Waals surface area contributed by atoms with Gasteiger partial charge in [0.2, 0.25) is 0 Å². The Bertz CT molecular complexity index is 918. The zero-order valence-corrected chi connectivity index (χ0v) is 15.2. The predicted molar refractivity (Wildman–Crippen MR) is 86.9 cm³/mol. The molecule has 2 heterocycles. The van der Waals surface area contributed by atoms with E-state index in [1.54, 1.807) is 0 Å². The number of carboxylic acid groups (broad SMARTS) is 1. The summed E-state index contributed by atoms with van der Waals surface area (Å²) in [5.74, 6) is -1.02. The molecular formula is C16H14N4NaO2. The van der Waals surface area contributed by atoms with Crippen molar-refractivity contribution in [2.45, 2.75) is 19.9 Å². The molecule has 3 rings (SSSR count). The minimum absolute atomic E-state index is 0. The van der Waals surface area contributed by atoms with Crippen LogP contribution in [0.4, 0.5) is 0 Å². The number of fused-ring (bicyclic) bond motifs is 1. The number of aromatic nitrogens is 3. The summed E-state index contributed by atoms with van der Waals surface area (Å²) in [6.45, 7) is 4.11. The van der Waals surface area contributed by atoms with Crippen LogP contribution in [0.2, 0.25) is 0 Å². The normalized spacial score (nSPS) is 10.5. The number of hydrogen-bond acceptors (Lipinski definition) is 3. The van der Waals surface area contributed by atoms with E-state index in [1.807, 2.05) is 29.0 Å². The van der Waals surface area contributed by atoms with Crippen molar-refractivity contribution in [3.05, 3.63) is 47.9 Å². The van der Waals surface area contributed by atoms with Gasteiger partial charge in [-0.1, -0.05) is 0 Å². The fourth-order valence-corrected chi connectivity index (χ4v) is 2.48. The van der Waals surface area contributed by atoms with Crippen LogP contribution in [0.25, 0.3) is 16.6 Å². The van der Waals surface area contributed by atoms with Gasteiger partial charge in [-0.2, -0.15) is 10.4 Å². The second kappa shape index (κ2) is 6.59. The molecule has 1 radical (unpaired) electrons. The Morgan fingerprint density at radius 3 is 2.65 bits per heavy atom. The van der Waals surface area contributed by atoms with Crippen molar-refractivity contribution in [1.82, 2.24) is 14.3 Å². The molecule has 6 nitrogen and oxygen atoms in total. The van der Waals surface area contributed by atoms with E-state index < -0.39 is 5.97 Å². The third-order valence-corrected chi connectivity index (χ3v) is 3.59. The van der Waals surface area contributed by atoms with Gasteiger partial charge in [-0.05, 0) is 32.0 Å². The molecule has 1 N–H and O–H groups in total. The molecule has 3 aromatic rings. The van der Waals surface area contributed by atoms with Crippen molar-refractivity contribution in [2.75, 3.05) is 0 Å². The standard InChI is InChI=1S/C16H14N4O2.Na/c1-10(2)19-8-11(6-17)14-5-13(3-4-15(14)19)20-9-12(7-18-20)16(21)22;/h3-5,7-10H,1-2H3,(H,21,22);. The van der Waals surface area contributed by atoms with Gasteiger partial charge in [-0.25, -0.2) is 9.48 Å². The van der Waals surface area contributed by atoms with E-state index in [9.17, 15) is 10.1 Å². The second-order valence-corrected chi connectivity index (χ2v) is 5.34. The Kier molecular flexibility index (Phi) is 4.95. The number of carboxylic acids is 1. The molecule has 0 saturated heterocycles. The monoisotopic (exact) mass is 317 g/mol. The van der Waals surface area contributed by atoms with Crippen LogP contribution >= 0.6 is 0 Å². The molecular weight excluding hydrogens is 303 g/mol. The molecule has 0 atom stereocenters. The van der Waals surface area contributed by atoms with E-state index in [-0.39, 0.29) is 41.2 Å². The van der Waals surface area contributed by atoms with E-state index in [0.717, 1.165) is 16.6 Å². The summed E-state index contributed by atoms with van der Waals surface area (Å²) >= 11 is 0. The molecule has 0 unspecified atom stereocenters. The van der Waals surface area contributed by atoms with Crippen LogP contribution in [0.15, 0.2) is 36.8 Å². The molecule has 0 amide bonds. The molecule has 0 aliphatic rings. The van der Waals surface area contributed by atoms with E-state index >= 15 is 0 Å². The first-order valence-electron chi connectivity index (χ1n) is 6.84. The minimum Gasteiger partial charge on any atom is -0.478 e. The van der Waals surface area contributed by atoms with E-state index in [2.05, 4.69) is 25.0 Å². The van der Waals surface area contributed by atoms with E-state index in [1.165, 1.54) is 17.1 Å². The number of rotatable bonds is 3. The molecule has 0 aliphatic heterocycles. The van der Waals surface area contributed by atoms with Gasteiger partial charge >= 0.3 is 5.97 Å². The Morgan fingerprint density at radius 1 is 1.35 bits per heavy atom. The van der Waals surface area contributed by atoms with Crippen LogP contribution in [0, 0.1) is 11.3 Å². The molecule has 0 spiro atoms. The quantitative estimate of drug-likeness (QED) is 0.753. The summed E-state index contributed by atoms with van der Waals surface area (Å²) in [6.07, 6.45) is 4.59. The van der Waals surface area contributed by atoms with Gasteiger partial charge in [-0.3, -0.25) is 0 Å². The molecule has 1 aromatic carbocycles. The maximum Gasteiger partial charge on any atom is 0.338 e. The second-order valence-electron chi connectivity index (χ2n) is 5.34. The Morgan fingerprint density at radius 2 is 2.09 bits per heavy atom. The van der Waals surface area contributed by atoms with Gasteiger partial charge in [0, 0.05) is 58.9 Å². The molecule has 0 fully saturated rings. The van der Waals surface area contributed by atoms with Crippen molar-refractivity contribution in [2.24, 2.45) is 0 Å². The van der Waals surface area contributed by atoms with Gasteiger partial charge in [0.25, 0.3) is 0 Å². The third-order valence-electron chi connectivity index (χ3n) is 3.59. The van der Waals surface area contributed by atoms with Crippen LogP contribution in [0.5, 0.6) is 0 Å². The summed E-state index contributed by atoms with van der Waals surface area (Å²) in [5.41, 5.74) is 2.41. The molecule has 0 bridgehead atoms. The van der Waals surface area contributed by atoms with Crippen LogP contribution in [0.3, 0.4) is 0 Å². The summed E-state index contributed by atoms with van der Waals surface area (Å²) in [7, 11) is 0. The molecule has 0 saturated carbocycles. The number of aromatic carboxylic acids is 1. The average Bonchev–Trinajstić information content (AvgIpc) is 3.11. The fourth-order valence-electron chi connectivity index (χ4n) is 2.48. The van der Waals surface area contributed by atoms with Gasteiger partial charge in [0.1, 0.15) is 6.07 Å². The number of nitriles is 1. The SMILES string of the molecule is CC(C)n1cc(C#N)c2cc(-n3cc(C(=O)O)cn3)ccc21.[Na]. The fraction of sp³-hybridized carbons (Fsp3) is 0.188. The van der Waals surface area contributed by atoms with E-state index in [0.29, 0.717) is 5.56 Å². The Hall–Kier alpha value is -2.07. The first kappa shape index (κ1) is 17.3. The third kappa shape index (κ3) is 3.04. The molecule has 0 aliphatic carbocycles. The van der Waals surface area contributed by atoms with Gasteiger partial charge in [0.05, 0.1) is 23.0 Å². The smallest absolute Gasteiger partial charge is 0.338 e. The van der Waals surface area contributed by atoms with Crippen molar-refractivity contribution < 1.29 is 9.90 Å². The van der Waals surface area contributed by atoms with Crippen molar-refractivity contribution in [1.29, 1.82) is 5.26 Å². The first-order valence-corrected chi connectivity index (χ1v) is 6.84. The molecule has 111 valence electrons. The van der Waals surface area contributed by atoms with Crippen LogP contribution in [-0.2, 0) is 0 Å². The van der Waals surface area contributed by atoms with Crippen molar-refractivity contribution in [3.63, 3.8) is 0 Å². The summed E-state index contributed by atoms with van der Waals surface area (Å²) in [5, 5.41) is 23.2. The topological polar surface area (TPSA) is 83.8 Å². The Labute approximate surface area is 155 Å². The van der Waals surface area contributed by atoms with Crippen LogP contribution in [-0.4, -0.2) is 55.0 Å². The number of hydrogen-bond donors (Lipinski definition) is 1. The first-order chi connectivity index (χ1) is 10.5. The largest absolute Gasteiger partial charge is 0.478 e. The van der Waals surface area contributed by atoms with E-state index in [4.69, 9.17) is 5.11 Å². The molecule has 2 aromatic heterocycles. The van der Waals surface area contributed by atoms with Crippen LogP contribution in [0.1, 0.15) is 35.8 Å². The van der Waals surface area contributed by atoms with Gasteiger partial charge in [0.15, 0.2) is 0 Å². The average molecular weight is 317 g/mol. The minimum atomic E-state index is -1.02. The number of nitrogens with zero attached hydrogens (tertiary/aromatic N) is 4. The predicted octanol–water partition coefficient (Wildman–Crippen LogP) is 2.60. The molecule has 7 heteroatoms. The van der Waals surface area contributed by atoms with Crippen LogP contribution < -0.4 is 0 Å².